The van der Waals surface area contributed by atoms with E-state index in [9.17, 15) is 4.79 Å². The van der Waals surface area contributed by atoms with E-state index in [4.69, 9.17) is 9.47 Å². The van der Waals surface area contributed by atoms with Crippen molar-refractivity contribution in [2.75, 3.05) is 26.1 Å². The Bertz CT molecular complexity index is 656. The first kappa shape index (κ1) is 17.1. The summed E-state index contributed by atoms with van der Waals surface area (Å²) in [5.41, 5.74) is 1.60. The molecule has 0 fully saturated rings. The van der Waals surface area contributed by atoms with Gasteiger partial charge in [-0.1, -0.05) is 13.0 Å². The number of carbonyl (C=O) groups excluding carboxylic acids is 1. The average molecular weight is 334 g/mol. The van der Waals surface area contributed by atoms with E-state index >= 15 is 0 Å². The summed E-state index contributed by atoms with van der Waals surface area (Å²) in [6.45, 7) is 4.58. The number of hydrogen-bond donors (Lipinski definition) is 2. The summed E-state index contributed by atoms with van der Waals surface area (Å²) in [6, 6.07) is 7.46. The largest absolute Gasteiger partial charge is 0.493 e. The van der Waals surface area contributed by atoms with Crippen LogP contribution in [0, 0.1) is 6.92 Å². The number of methoxy groups -OCH3 is 2. The summed E-state index contributed by atoms with van der Waals surface area (Å²) < 4.78 is 10.5. The van der Waals surface area contributed by atoms with Crippen LogP contribution >= 0.6 is 11.3 Å². The molecule has 2 N–H and O–H groups in total. The number of rotatable bonds is 6. The predicted molar refractivity (Wildman–Crippen MR) is 94.0 cm³/mol. The Morgan fingerprint density at radius 2 is 1.96 bits per heavy atom. The van der Waals surface area contributed by atoms with Crippen molar-refractivity contribution in [2.45, 2.75) is 19.8 Å². The van der Waals surface area contributed by atoms with Crippen LogP contribution in [0.3, 0.4) is 0 Å². The van der Waals surface area contributed by atoms with Gasteiger partial charge in [0.05, 0.1) is 14.2 Å². The van der Waals surface area contributed by atoms with Gasteiger partial charge < -0.3 is 20.1 Å². The minimum Gasteiger partial charge on any atom is -0.493 e. The number of amides is 2. The lowest BCUT2D eigenvalue weighted by Gasteiger charge is -2.15. The van der Waals surface area contributed by atoms with Gasteiger partial charge in [0.25, 0.3) is 0 Å². The maximum atomic E-state index is 12.1. The van der Waals surface area contributed by atoms with E-state index < -0.39 is 0 Å². The van der Waals surface area contributed by atoms with Crippen molar-refractivity contribution in [3.05, 3.63) is 40.1 Å². The molecule has 2 amide bonds. The molecular formula is C17H22N2O3S. The highest BCUT2D eigenvalue weighted by Crippen LogP contribution is 2.32. The summed E-state index contributed by atoms with van der Waals surface area (Å²) in [5.74, 6) is 1.51. The summed E-state index contributed by atoms with van der Waals surface area (Å²) in [7, 11) is 3.16. The van der Waals surface area contributed by atoms with Crippen molar-refractivity contribution < 1.29 is 14.3 Å². The normalized spacial score (nSPS) is 11.7. The topological polar surface area (TPSA) is 59.6 Å². The van der Waals surface area contributed by atoms with Gasteiger partial charge in [0.15, 0.2) is 11.5 Å². The molecule has 6 heteroatoms. The van der Waals surface area contributed by atoms with E-state index in [0.717, 1.165) is 5.56 Å². The van der Waals surface area contributed by atoms with Crippen molar-refractivity contribution in [2.24, 2.45) is 0 Å². The third-order valence-corrected chi connectivity index (χ3v) is 4.68. The van der Waals surface area contributed by atoms with Crippen molar-refractivity contribution >= 4 is 23.1 Å². The van der Waals surface area contributed by atoms with Crippen LogP contribution in [0.25, 0.3) is 0 Å². The number of aryl methyl sites for hydroxylation is 1. The van der Waals surface area contributed by atoms with E-state index in [1.54, 1.807) is 31.6 Å². The summed E-state index contributed by atoms with van der Waals surface area (Å²) >= 11 is 1.70. The Morgan fingerprint density at radius 1 is 1.26 bits per heavy atom. The zero-order valence-corrected chi connectivity index (χ0v) is 14.6. The van der Waals surface area contributed by atoms with Crippen molar-refractivity contribution in [1.82, 2.24) is 5.32 Å². The van der Waals surface area contributed by atoms with Crippen LogP contribution in [-0.2, 0) is 0 Å². The number of carbonyl (C=O) groups is 1. The predicted octanol–water partition coefficient (Wildman–Crippen LogP) is 4.00. The van der Waals surface area contributed by atoms with Crippen molar-refractivity contribution in [3.8, 4) is 11.5 Å². The van der Waals surface area contributed by atoms with Gasteiger partial charge in [0.2, 0.25) is 0 Å². The van der Waals surface area contributed by atoms with Crippen LogP contribution < -0.4 is 20.1 Å². The number of anilines is 1. The molecule has 5 nitrogen and oxygen atoms in total. The fourth-order valence-corrected chi connectivity index (χ4v) is 2.99. The molecule has 1 atom stereocenters. The van der Waals surface area contributed by atoms with Crippen LogP contribution in [0.2, 0.25) is 0 Å². The molecule has 2 rings (SSSR count). The van der Waals surface area contributed by atoms with E-state index in [0.29, 0.717) is 23.7 Å². The van der Waals surface area contributed by atoms with E-state index in [1.807, 2.05) is 24.4 Å². The standard InChI is InChI=1S/C17H22N2O3S/c1-11-8-14(21-3)15(22-4)9-13(11)19-17(20)18-10-12(2)16-6-5-7-23-16/h5-9,12H,10H2,1-4H3,(H2,18,19,20). The smallest absolute Gasteiger partial charge is 0.319 e. The summed E-state index contributed by atoms with van der Waals surface area (Å²) in [6.07, 6.45) is 0. The molecule has 1 aromatic heterocycles. The number of ether oxygens (including phenoxy) is 2. The first-order valence-corrected chi connectivity index (χ1v) is 8.24. The van der Waals surface area contributed by atoms with Crippen molar-refractivity contribution in [3.63, 3.8) is 0 Å². The highest BCUT2D eigenvalue weighted by molar-refractivity contribution is 7.10. The number of urea groups is 1. The van der Waals surface area contributed by atoms with Gasteiger partial charge in [-0.2, -0.15) is 0 Å². The van der Waals surface area contributed by atoms with Gasteiger partial charge in [0, 0.05) is 29.1 Å². The summed E-state index contributed by atoms with van der Waals surface area (Å²) in [4.78, 5) is 13.4. The van der Waals surface area contributed by atoms with Crippen LogP contribution in [0.15, 0.2) is 29.6 Å². The molecule has 0 bridgehead atoms. The molecule has 0 aliphatic heterocycles. The lowest BCUT2D eigenvalue weighted by atomic mass is 10.1. The number of benzene rings is 1. The van der Waals surface area contributed by atoms with Gasteiger partial charge in [0.1, 0.15) is 0 Å². The molecule has 124 valence electrons. The zero-order valence-electron chi connectivity index (χ0n) is 13.8. The molecule has 0 spiro atoms. The Kier molecular flexibility index (Phi) is 5.87. The second kappa shape index (κ2) is 7.87. The Balaban J connectivity index is 1.97. The van der Waals surface area contributed by atoms with Crippen LogP contribution in [-0.4, -0.2) is 26.8 Å². The minimum absolute atomic E-state index is 0.233. The van der Waals surface area contributed by atoms with E-state index in [-0.39, 0.29) is 11.9 Å². The maximum Gasteiger partial charge on any atom is 0.319 e. The lowest BCUT2D eigenvalue weighted by molar-refractivity contribution is 0.251. The van der Waals surface area contributed by atoms with Gasteiger partial charge in [-0.3, -0.25) is 0 Å². The Morgan fingerprint density at radius 3 is 2.57 bits per heavy atom. The maximum absolute atomic E-state index is 12.1. The SMILES string of the molecule is COc1cc(C)c(NC(=O)NCC(C)c2cccs2)cc1OC. The molecule has 0 aliphatic rings. The second-order valence-corrected chi connectivity index (χ2v) is 6.25. The molecule has 0 saturated carbocycles. The molecule has 23 heavy (non-hydrogen) atoms. The first-order chi connectivity index (χ1) is 11.0. The second-order valence-electron chi connectivity index (χ2n) is 5.27. The fourth-order valence-electron chi connectivity index (χ4n) is 2.20. The Hall–Kier alpha value is -2.21. The third kappa shape index (κ3) is 4.39. The number of hydrogen-bond acceptors (Lipinski definition) is 4. The fraction of sp³-hybridized carbons (Fsp3) is 0.353. The van der Waals surface area contributed by atoms with Gasteiger partial charge >= 0.3 is 6.03 Å². The minimum atomic E-state index is -0.233. The molecule has 0 aliphatic carbocycles. The zero-order chi connectivity index (χ0) is 16.8. The van der Waals surface area contributed by atoms with Crippen LogP contribution in [0.1, 0.15) is 23.3 Å². The van der Waals surface area contributed by atoms with Crippen LogP contribution in [0.4, 0.5) is 10.5 Å². The molecule has 2 aromatic rings. The monoisotopic (exact) mass is 334 g/mol. The molecule has 1 aromatic carbocycles. The molecular weight excluding hydrogens is 312 g/mol. The molecule has 1 unspecified atom stereocenters. The number of thiophene rings is 1. The Labute approximate surface area is 140 Å². The first-order valence-electron chi connectivity index (χ1n) is 7.36. The highest BCUT2D eigenvalue weighted by Gasteiger charge is 2.12. The van der Waals surface area contributed by atoms with Gasteiger partial charge in [-0.15, -0.1) is 11.3 Å². The third-order valence-electron chi connectivity index (χ3n) is 3.58. The van der Waals surface area contributed by atoms with Gasteiger partial charge in [-0.05, 0) is 30.0 Å². The molecule has 0 saturated heterocycles. The summed E-state index contributed by atoms with van der Waals surface area (Å²) in [5, 5.41) is 7.79. The van der Waals surface area contributed by atoms with Gasteiger partial charge in [-0.25, -0.2) is 4.79 Å². The quantitative estimate of drug-likeness (QED) is 0.839. The van der Waals surface area contributed by atoms with Crippen molar-refractivity contribution in [1.29, 1.82) is 0 Å². The lowest BCUT2D eigenvalue weighted by Crippen LogP contribution is -2.31. The molecule has 1 heterocycles. The number of nitrogens with one attached hydrogen (secondary N) is 2. The average Bonchev–Trinajstić information content (AvgIpc) is 3.08. The van der Waals surface area contributed by atoms with E-state index in [1.165, 1.54) is 4.88 Å². The van der Waals surface area contributed by atoms with Crippen LogP contribution in [0.5, 0.6) is 11.5 Å². The highest BCUT2D eigenvalue weighted by atomic mass is 32.1. The molecule has 0 radical (unpaired) electrons. The van der Waals surface area contributed by atoms with E-state index in [2.05, 4.69) is 23.6 Å².